The Morgan fingerprint density at radius 1 is 0.943 bits per heavy atom. The van der Waals surface area contributed by atoms with E-state index in [-0.39, 0.29) is 5.56 Å². The van der Waals surface area contributed by atoms with Crippen molar-refractivity contribution in [2.24, 2.45) is 10.3 Å². The van der Waals surface area contributed by atoms with Crippen molar-refractivity contribution in [2.45, 2.75) is 45.7 Å². The largest absolute Gasteiger partial charge is 0.451 e. The monoisotopic (exact) mass is 523 g/mol. The van der Waals surface area contributed by atoms with Gasteiger partial charge < -0.3 is 15.3 Å². The fourth-order valence-corrected chi connectivity index (χ4v) is 3.57. The molecule has 0 amide bonds. The quantitative estimate of drug-likeness (QED) is 0.139. The zero-order valence-corrected chi connectivity index (χ0v) is 20.0. The van der Waals surface area contributed by atoms with E-state index in [9.17, 15) is 36.0 Å². The number of alkyl halides is 3. The van der Waals surface area contributed by atoms with E-state index in [0.29, 0.717) is 0 Å². The zero-order chi connectivity index (χ0) is 27.1. The van der Waals surface area contributed by atoms with E-state index in [2.05, 4.69) is 29.1 Å². The van der Waals surface area contributed by atoms with Crippen LogP contribution in [0.25, 0.3) is 0 Å². The molecule has 0 aliphatic heterocycles. The van der Waals surface area contributed by atoms with E-state index in [1.165, 1.54) is 12.1 Å². The number of unbranched alkanes of at least 4 members (excludes halogenated alkanes) is 2. The van der Waals surface area contributed by atoms with Crippen LogP contribution in [-0.4, -0.2) is 73.0 Å². The molecule has 0 saturated heterocycles. The van der Waals surface area contributed by atoms with E-state index in [4.69, 9.17) is 10.4 Å². The average molecular weight is 524 g/mol. The van der Waals surface area contributed by atoms with Gasteiger partial charge in [-0.05, 0) is 37.1 Å². The number of ketones is 2. The number of anilines is 1. The van der Waals surface area contributed by atoms with Crippen LogP contribution >= 0.6 is 0 Å². The lowest BCUT2D eigenvalue weighted by Crippen LogP contribution is -2.35. The van der Waals surface area contributed by atoms with E-state index in [0.717, 1.165) is 56.9 Å². The Morgan fingerprint density at radius 2 is 1.40 bits per heavy atom. The summed E-state index contributed by atoms with van der Waals surface area (Å²) < 4.78 is 60.2. The van der Waals surface area contributed by atoms with Gasteiger partial charge in [0.15, 0.2) is 0 Å². The third-order valence-electron chi connectivity index (χ3n) is 4.36. The maximum atomic E-state index is 12.2. The van der Waals surface area contributed by atoms with Crippen molar-refractivity contribution in [3.05, 3.63) is 29.8 Å². The van der Waals surface area contributed by atoms with Gasteiger partial charge in [0, 0.05) is 24.3 Å². The second kappa shape index (κ2) is 15.6. The van der Waals surface area contributed by atoms with Crippen molar-refractivity contribution >= 4 is 44.6 Å². The Hall–Kier alpha value is -3.29. The van der Waals surface area contributed by atoms with Gasteiger partial charge in [-0.2, -0.15) is 13.2 Å². The highest BCUT2D eigenvalue weighted by molar-refractivity contribution is 8.08. The molecule has 0 fully saturated rings. The van der Waals surface area contributed by atoms with Crippen molar-refractivity contribution < 1.29 is 46.4 Å². The summed E-state index contributed by atoms with van der Waals surface area (Å²) in [6, 6.07) is 5.61. The van der Waals surface area contributed by atoms with Gasteiger partial charge in [-0.1, -0.05) is 37.0 Å². The highest BCUT2D eigenvalue weighted by Crippen LogP contribution is 2.20. The Labute approximate surface area is 201 Å². The average Bonchev–Trinajstić information content (AvgIpc) is 2.81. The molecule has 2 N–H and O–H groups in total. The van der Waals surface area contributed by atoms with Crippen molar-refractivity contribution in [1.82, 2.24) is 0 Å². The van der Waals surface area contributed by atoms with Crippen LogP contribution in [0.2, 0.25) is 0 Å². The molecule has 10 nitrogen and oxygen atoms in total. The summed E-state index contributed by atoms with van der Waals surface area (Å²) in [7, 11) is -5.21. The summed E-state index contributed by atoms with van der Waals surface area (Å²) in [5.74, 6) is -6.15. The van der Waals surface area contributed by atoms with E-state index in [1.807, 2.05) is 0 Å². The number of nitrogens with zero attached hydrogens (tertiary/aromatic N) is 3. The lowest BCUT2D eigenvalue weighted by molar-refractivity contribution is -0.168. The van der Waals surface area contributed by atoms with Gasteiger partial charge >= 0.3 is 11.3 Å². The summed E-state index contributed by atoms with van der Waals surface area (Å²) in [5, 5.41) is 18.1. The van der Waals surface area contributed by atoms with Crippen LogP contribution in [0.15, 0.2) is 34.6 Å². The number of sulfone groups is 1. The van der Waals surface area contributed by atoms with Crippen LogP contribution in [-0.2, 0) is 19.4 Å². The molecule has 35 heavy (non-hydrogen) atoms. The molecule has 1 aromatic carbocycles. The molecule has 1 rings (SSSR count). The van der Waals surface area contributed by atoms with Crippen LogP contribution in [0.1, 0.15) is 49.9 Å². The predicted molar refractivity (Wildman–Crippen MR) is 123 cm³/mol. The predicted octanol–water partition coefficient (Wildman–Crippen LogP) is 3.26. The molecule has 0 unspecified atom stereocenters. The molecule has 0 aromatic heterocycles. The summed E-state index contributed by atoms with van der Waals surface area (Å²) in [6.07, 6.45) is 0.367. The van der Waals surface area contributed by atoms with Gasteiger partial charge in [0.25, 0.3) is 5.78 Å². The fraction of sp³-hybridized carbons (Fsp3) is 0.476. The smallest absolute Gasteiger partial charge is 0.411 e. The first-order valence-corrected chi connectivity index (χ1v) is 12.1. The maximum absolute atomic E-state index is 12.2. The number of carbonyl (C=O) groups is 3. The number of Topliss-reactive ketones (excluding diaryl/α,β-unsaturated/α-hetero) is 2. The third-order valence-corrected chi connectivity index (χ3v) is 5.76. The molecule has 14 heteroatoms. The SMILES string of the molecule is CCCCN(CCCC)c1ccc(C(=O)C(=O)S(=O)(=O)CC(=O)C(F)(F)F)cc1.ON=CC=NO. The summed E-state index contributed by atoms with van der Waals surface area (Å²) in [4.78, 5) is 36.9. The molecular weight excluding hydrogens is 495 g/mol. The first-order valence-electron chi connectivity index (χ1n) is 10.5. The van der Waals surface area contributed by atoms with E-state index < -0.39 is 38.4 Å². The lowest BCUT2D eigenvalue weighted by atomic mass is 10.1. The molecular formula is C21H28F3N3O7S. The number of carbonyl (C=O) groups excluding carboxylic acids is 3. The summed E-state index contributed by atoms with van der Waals surface area (Å²) >= 11 is 0. The molecule has 0 atom stereocenters. The normalized spacial score (nSPS) is 11.8. The topological polar surface area (TPSA) is 154 Å². The highest BCUT2D eigenvalue weighted by Gasteiger charge is 2.44. The van der Waals surface area contributed by atoms with Gasteiger partial charge in [-0.3, -0.25) is 14.4 Å². The van der Waals surface area contributed by atoms with Gasteiger partial charge in [-0.25, -0.2) is 8.42 Å². The van der Waals surface area contributed by atoms with Crippen LogP contribution in [0, 0.1) is 0 Å². The maximum Gasteiger partial charge on any atom is 0.451 e. The van der Waals surface area contributed by atoms with Crippen LogP contribution in [0.5, 0.6) is 0 Å². The molecule has 0 heterocycles. The Bertz CT molecular complexity index is 974. The molecule has 196 valence electrons. The highest BCUT2D eigenvalue weighted by atomic mass is 32.2. The minimum absolute atomic E-state index is 0.271. The first kappa shape index (κ1) is 31.7. The summed E-state index contributed by atoms with van der Waals surface area (Å²) in [5.41, 5.74) is 0.513. The van der Waals surface area contributed by atoms with E-state index >= 15 is 0 Å². The van der Waals surface area contributed by atoms with Crippen LogP contribution < -0.4 is 4.90 Å². The van der Waals surface area contributed by atoms with Crippen LogP contribution in [0.4, 0.5) is 18.9 Å². The zero-order valence-electron chi connectivity index (χ0n) is 19.2. The number of rotatable bonds is 12. The Balaban J connectivity index is 0.00000170. The lowest BCUT2D eigenvalue weighted by Gasteiger charge is -2.24. The van der Waals surface area contributed by atoms with Gasteiger partial charge in [0.05, 0.1) is 12.4 Å². The fourth-order valence-electron chi connectivity index (χ4n) is 2.53. The summed E-state index contributed by atoms with van der Waals surface area (Å²) in [6.45, 7) is 5.68. The molecule has 0 saturated carbocycles. The second-order valence-electron chi connectivity index (χ2n) is 7.07. The molecule has 0 bridgehead atoms. The van der Waals surface area contributed by atoms with Gasteiger partial charge in [0.1, 0.15) is 5.75 Å². The standard InChI is InChI=1S/C19H24F3NO5S.C2H4N2O2/c1-3-5-11-23(12-6-4-2)15-9-7-14(8-10-15)17(25)18(26)29(27,28)13-16(24)19(20,21)22;5-3-1-2-4-6/h7-10H,3-6,11-13H2,1-2H3;1-2,5-6H. The Morgan fingerprint density at radius 3 is 1.77 bits per heavy atom. The van der Waals surface area contributed by atoms with Gasteiger partial charge in [0.2, 0.25) is 15.6 Å². The number of oxime groups is 2. The number of hydrogen-bond donors (Lipinski definition) is 2. The minimum atomic E-state index is -5.40. The minimum Gasteiger partial charge on any atom is -0.411 e. The second-order valence-corrected chi connectivity index (χ2v) is 8.96. The number of hydrogen-bond acceptors (Lipinski definition) is 10. The van der Waals surface area contributed by atoms with E-state index in [1.54, 1.807) is 12.1 Å². The van der Waals surface area contributed by atoms with Crippen molar-refractivity contribution in [2.75, 3.05) is 23.7 Å². The Kier molecular flexibility index (Phi) is 14.1. The molecule has 0 aliphatic carbocycles. The molecule has 0 radical (unpaired) electrons. The molecule has 0 spiro atoms. The van der Waals surface area contributed by atoms with Crippen molar-refractivity contribution in [3.63, 3.8) is 0 Å². The number of halogens is 3. The third kappa shape index (κ3) is 11.6. The van der Waals surface area contributed by atoms with Crippen LogP contribution in [0.3, 0.4) is 0 Å². The van der Waals surface area contributed by atoms with Crippen molar-refractivity contribution in [1.29, 1.82) is 0 Å². The first-order chi connectivity index (χ1) is 16.3. The molecule has 0 aliphatic rings. The number of benzene rings is 1. The van der Waals surface area contributed by atoms with Crippen molar-refractivity contribution in [3.8, 4) is 0 Å². The molecule has 1 aromatic rings. The van der Waals surface area contributed by atoms with Gasteiger partial charge in [-0.15, -0.1) is 0 Å².